The number of halogens is 1. The van der Waals surface area contributed by atoms with Crippen molar-refractivity contribution in [2.75, 3.05) is 27.3 Å². The third-order valence-electron chi connectivity index (χ3n) is 3.27. The number of ether oxygens (including phenoxy) is 2. The smallest absolute Gasteiger partial charge is 0.305 e. The van der Waals surface area contributed by atoms with Crippen molar-refractivity contribution >= 4 is 35.9 Å². The lowest BCUT2D eigenvalue weighted by molar-refractivity contribution is -0.140. The lowest BCUT2D eigenvalue weighted by Gasteiger charge is -2.12. The molecule has 6 nitrogen and oxygen atoms in total. The number of guanidine groups is 1. The van der Waals surface area contributed by atoms with Gasteiger partial charge >= 0.3 is 5.97 Å². The van der Waals surface area contributed by atoms with Gasteiger partial charge in [-0.25, -0.2) is 4.99 Å². The van der Waals surface area contributed by atoms with Gasteiger partial charge in [0, 0.05) is 25.1 Å². The van der Waals surface area contributed by atoms with Crippen LogP contribution in [-0.2, 0) is 16.1 Å². The molecular weight excluding hydrogens is 421 g/mol. The second-order valence-electron chi connectivity index (χ2n) is 4.97. The molecule has 2 N–H and O–H groups in total. The topological polar surface area (TPSA) is 72.0 Å². The molecule has 1 aromatic rings. The summed E-state index contributed by atoms with van der Waals surface area (Å²) in [4.78, 5) is 15.6. The van der Waals surface area contributed by atoms with Crippen LogP contribution in [0, 0.1) is 0 Å². The Bertz CT molecular complexity index is 510. The van der Waals surface area contributed by atoms with Crippen molar-refractivity contribution in [3.8, 4) is 5.75 Å². The first-order valence-electron chi connectivity index (χ1n) is 7.92. The number of aliphatic imine (C=N–C) groups is 1. The molecule has 0 amide bonds. The summed E-state index contributed by atoms with van der Waals surface area (Å²) in [6.45, 7) is 4.12. The molecule has 1 rings (SSSR count). The van der Waals surface area contributed by atoms with Crippen LogP contribution in [0.3, 0.4) is 0 Å². The predicted octanol–water partition coefficient (Wildman–Crippen LogP) is 2.71. The highest BCUT2D eigenvalue weighted by Crippen LogP contribution is 2.17. The van der Waals surface area contributed by atoms with Gasteiger partial charge in [-0.3, -0.25) is 4.79 Å². The standard InChI is InChI=1S/C17H27N3O3.HI/c1-4-18-17(19-12-8-7-11-16(21)23-3)20-13-14-9-5-6-10-15(14)22-2;/h5-6,9-10H,4,7-8,11-13H2,1-3H3,(H2,18,19,20);1H. The minimum atomic E-state index is -0.165. The minimum Gasteiger partial charge on any atom is -0.496 e. The second-order valence-corrected chi connectivity index (χ2v) is 4.97. The number of benzene rings is 1. The van der Waals surface area contributed by atoms with Crippen LogP contribution in [0.15, 0.2) is 29.3 Å². The summed E-state index contributed by atoms with van der Waals surface area (Å²) < 4.78 is 9.95. The molecule has 136 valence electrons. The van der Waals surface area contributed by atoms with Gasteiger partial charge in [-0.1, -0.05) is 18.2 Å². The molecule has 0 atom stereocenters. The molecule has 0 bridgehead atoms. The molecule has 0 radical (unpaired) electrons. The van der Waals surface area contributed by atoms with Gasteiger partial charge in [0.15, 0.2) is 5.96 Å². The Balaban J connectivity index is 0.00000529. The summed E-state index contributed by atoms with van der Waals surface area (Å²) in [5.41, 5.74) is 1.04. The van der Waals surface area contributed by atoms with Gasteiger partial charge < -0.3 is 20.1 Å². The molecule has 1 aromatic carbocycles. The van der Waals surface area contributed by atoms with E-state index in [0.717, 1.165) is 43.2 Å². The number of rotatable bonds is 9. The SMILES string of the molecule is CCNC(=NCc1ccccc1OC)NCCCCC(=O)OC.I. The van der Waals surface area contributed by atoms with E-state index in [1.54, 1.807) is 7.11 Å². The molecule has 0 heterocycles. The fraction of sp³-hybridized carbons (Fsp3) is 0.529. The van der Waals surface area contributed by atoms with Crippen LogP contribution in [0.1, 0.15) is 31.7 Å². The fourth-order valence-electron chi connectivity index (χ4n) is 2.04. The third kappa shape index (κ3) is 8.95. The van der Waals surface area contributed by atoms with E-state index in [-0.39, 0.29) is 29.9 Å². The quantitative estimate of drug-likeness (QED) is 0.200. The molecule has 24 heavy (non-hydrogen) atoms. The number of esters is 1. The van der Waals surface area contributed by atoms with Crippen molar-refractivity contribution in [3.63, 3.8) is 0 Å². The summed E-state index contributed by atoms with van der Waals surface area (Å²) >= 11 is 0. The fourth-order valence-corrected chi connectivity index (χ4v) is 2.04. The Hall–Kier alpha value is -1.51. The number of hydrogen-bond donors (Lipinski definition) is 2. The maximum Gasteiger partial charge on any atom is 0.305 e. The van der Waals surface area contributed by atoms with Crippen LogP contribution < -0.4 is 15.4 Å². The van der Waals surface area contributed by atoms with Crippen molar-refractivity contribution in [3.05, 3.63) is 29.8 Å². The molecule has 0 aromatic heterocycles. The van der Waals surface area contributed by atoms with Crippen LogP contribution in [0.5, 0.6) is 5.75 Å². The Morgan fingerprint density at radius 3 is 2.58 bits per heavy atom. The van der Waals surface area contributed by atoms with Crippen molar-refractivity contribution in [1.82, 2.24) is 10.6 Å². The molecule has 0 unspecified atom stereocenters. The minimum absolute atomic E-state index is 0. The van der Waals surface area contributed by atoms with Crippen LogP contribution in [0.4, 0.5) is 0 Å². The zero-order valence-electron chi connectivity index (χ0n) is 14.6. The maximum atomic E-state index is 11.0. The van der Waals surface area contributed by atoms with Gasteiger partial charge in [0.2, 0.25) is 0 Å². The molecule has 0 aliphatic rings. The number of nitrogens with zero attached hydrogens (tertiary/aromatic N) is 1. The van der Waals surface area contributed by atoms with Crippen LogP contribution in [-0.4, -0.2) is 39.2 Å². The zero-order chi connectivity index (χ0) is 16.9. The first-order chi connectivity index (χ1) is 11.2. The van der Waals surface area contributed by atoms with E-state index in [4.69, 9.17) is 4.74 Å². The number of nitrogens with one attached hydrogen (secondary N) is 2. The van der Waals surface area contributed by atoms with E-state index in [1.807, 2.05) is 31.2 Å². The first kappa shape index (κ1) is 22.5. The Morgan fingerprint density at radius 2 is 1.92 bits per heavy atom. The predicted molar refractivity (Wildman–Crippen MR) is 107 cm³/mol. The highest BCUT2D eigenvalue weighted by molar-refractivity contribution is 14.0. The summed E-state index contributed by atoms with van der Waals surface area (Å²) in [5, 5.41) is 6.47. The lowest BCUT2D eigenvalue weighted by Crippen LogP contribution is -2.37. The maximum absolute atomic E-state index is 11.0. The van der Waals surface area contributed by atoms with Gasteiger partial charge in [-0.05, 0) is 25.8 Å². The van der Waals surface area contributed by atoms with Gasteiger partial charge in [-0.15, -0.1) is 24.0 Å². The zero-order valence-corrected chi connectivity index (χ0v) is 17.0. The summed E-state index contributed by atoms with van der Waals surface area (Å²) in [6.07, 6.45) is 2.13. The molecule has 0 aliphatic heterocycles. The highest BCUT2D eigenvalue weighted by atomic mass is 127. The largest absolute Gasteiger partial charge is 0.496 e. The lowest BCUT2D eigenvalue weighted by atomic mass is 10.2. The number of unbranched alkanes of at least 4 members (excludes halogenated alkanes) is 1. The Kier molecular flexibility index (Phi) is 13.0. The summed E-state index contributed by atoms with van der Waals surface area (Å²) in [6, 6.07) is 7.84. The van der Waals surface area contributed by atoms with Crippen molar-refractivity contribution in [2.24, 2.45) is 4.99 Å². The molecule has 0 fully saturated rings. The third-order valence-corrected chi connectivity index (χ3v) is 3.27. The first-order valence-corrected chi connectivity index (χ1v) is 7.92. The van der Waals surface area contributed by atoms with Crippen LogP contribution in [0.2, 0.25) is 0 Å². The Labute approximate surface area is 161 Å². The van der Waals surface area contributed by atoms with E-state index in [9.17, 15) is 4.79 Å². The van der Waals surface area contributed by atoms with E-state index in [2.05, 4.69) is 20.4 Å². The number of methoxy groups -OCH3 is 2. The molecule has 0 saturated carbocycles. The molecule has 7 heteroatoms. The van der Waals surface area contributed by atoms with E-state index >= 15 is 0 Å². The number of carbonyl (C=O) groups is 1. The van der Waals surface area contributed by atoms with Crippen molar-refractivity contribution in [2.45, 2.75) is 32.7 Å². The highest BCUT2D eigenvalue weighted by Gasteiger charge is 2.03. The van der Waals surface area contributed by atoms with Crippen LogP contribution in [0.25, 0.3) is 0 Å². The molecule has 0 saturated heterocycles. The number of hydrogen-bond acceptors (Lipinski definition) is 4. The molecule has 0 spiro atoms. The second kappa shape index (κ2) is 13.9. The average molecular weight is 449 g/mol. The number of para-hydroxylation sites is 1. The van der Waals surface area contributed by atoms with Crippen molar-refractivity contribution in [1.29, 1.82) is 0 Å². The monoisotopic (exact) mass is 449 g/mol. The molecule has 0 aliphatic carbocycles. The van der Waals surface area contributed by atoms with Gasteiger partial charge in [0.25, 0.3) is 0 Å². The van der Waals surface area contributed by atoms with E-state index < -0.39 is 0 Å². The summed E-state index contributed by atoms with van der Waals surface area (Å²) in [7, 11) is 3.07. The van der Waals surface area contributed by atoms with Crippen LogP contribution >= 0.6 is 24.0 Å². The number of carbonyl (C=O) groups excluding carboxylic acids is 1. The van der Waals surface area contributed by atoms with Crippen molar-refractivity contribution < 1.29 is 14.3 Å². The van der Waals surface area contributed by atoms with Gasteiger partial charge in [0.05, 0.1) is 20.8 Å². The van der Waals surface area contributed by atoms with E-state index in [0.29, 0.717) is 13.0 Å². The van der Waals surface area contributed by atoms with E-state index in [1.165, 1.54) is 7.11 Å². The summed E-state index contributed by atoms with van der Waals surface area (Å²) in [5.74, 6) is 1.43. The van der Waals surface area contributed by atoms with Gasteiger partial charge in [0.1, 0.15) is 5.75 Å². The van der Waals surface area contributed by atoms with Gasteiger partial charge in [-0.2, -0.15) is 0 Å². The average Bonchev–Trinajstić information content (AvgIpc) is 2.59. The molecular formula is C17H28IN3O3. The Morgan fingerprint density at radius 1 is 1.17 bits per heavy atom. The normalized spacial score (nSPS) is 10.5.